The van der Waals surface area contributed by atoms with Crippen molar-refractivity contribution >= 4 is 17.5 Å². The summed E-state index contributed by atoms with van der Waals surface area (Å²) in [7, 11) is 0. The molecule has 2 fully saturated rings. The van der Waals surface area contributed by atoms with Crippen LogP contribution in [0, 0.1) is 11.7 Å². The fourth-order valence-corrected chi connectivity index (χ4v) is 3.85. The number of carbonyl (C=O) groups is 1. The lowest BCUT2D eigenvalue weighted by Gasteiger charge is -2.24. The SMILES string of the molecule is O=C(NC1(c2ccc(F)cc2)CC1)[C@@H]1CNC[C@H]1c1ccc(Cl)cc1. The largest absolute Gasteiger partial charge is 0.346 e. The van der Waals surface area contributed by atoms with Gasteiger partial charge in [-0.25, -0.2) is 4.39 Å². The van der Waals surface area contributed by atoms with E-state index in [0.717, 1.165) is 30.5 Å². The summed E-state index contributed by atoms with van der Waals surface area (Å²) in [6.45, 7) is 1.45. The second-order valence-electron chi connectivity index (χ2n) is 7.00. The lowest BCUT2D eigenvalue weighted by molar-refractivity contribution is -0.125. The van der Waals surface area contributed by atoms with Crippen molar-refractivity contribution in [1.82, 2.24) is 10.6 Å². The normalized spacial score (nSPS) is 24.1. The van der Waals surface area contributed by atoms with Gasteiger partial charge in [-0.2, -0.15) is 0 Å². The average molecular weight is 359 g/mol. The number of hydrogen-bond donors (Lipinski definition) is 2. The molecule has 2 aliphatic rings. The molecule has 3 nitrogen and oxygen atoms in total. The Labute approximate surface area is 151 Å². The molecule has 130 valence electrons. The van der Waals surface area contributed by atoms with E-state index in [1.807, 2.05) is 24.3 Å². The highest BCUT2D eigenvalue weighted by atomic mass is 35.5. The van der Waals surface area contributed by atoms with Gasteiger partial charge in [0.2, 0.25) is 5.91 Å². The van der Waals surface area contributed by atoms with Crippen LogP contribution >= 0.6 is 11.6 Å². The molecule has 1 amide bonds. The molecule has 1 heterocycles. The van der Waals surface area contributed by atoms with Crippen LogP contribution in [-0.4, -0.2) is 19.0 Å². The average Bonchev–Trinajstić information content (AvgIpc) is 3.21. The summed E-state index contributed by atoms with van der Waals surface area (Å²) in [5.74, 6) is -0.166. The Morgan fingerprint density at radius 3 is 2.40 bits per heavy atom. The van der Waals surface area contributed by atoms with Crippen molar-refractivity contribution in [3.63, 3.8) is 0 Å². The highest BCUT2D eigenvalue weighted by molar-refractivity contribution is 6.30. The van der Waals surface area contributed by atoms with E-state index in [4.69, 9.17) is 11.6 Å². The molecule has 1 saturated heterocycles. The summed E-state index contributed by atoms with van der Waals surface area (Å²) in [6.07, 6.45) is 1.80. The van der Waals surface area contributed by atoms with E-state index in [0.29, 0.717) is 11.6 Å². The highest BCUT2D eigenvalue weighted by Crippen LogP contribution is 2.46. The van der Waals surface area contributed by atoms with Gasteiger partial charge in [0.25, 0.3) is 0 Å². The van der Waals surface area contributed by atoms with Gasteiger partial charge in [0.1, 0.15) is 5.82 Å². The monoisotopic (exact) mass is 358 g/mol. The van der Waals surface area contributed by atoms with E-state index >= 15 is 0 Å². The zero-order chi connectivity index (χ0) is 17.4. The van der Waals surface area contributed by atoms with Crippen LogP contribution in [0.25, 0.3) is 0 Å². The number of carbonyl (C=O) groups excluding carboxylic acids is 1. The number of nitrogens with one attached hydrogen (secondary N) is 2. The molecule has 1 aliphatic heterocycles. The Morgan fingerprint density at radius 1 is 1.08 bits per heavy atom. The number of halogens is 2. The molecule has 2 N–H and O–H groups in total. The first-order chi connectivity index (χ1) is 12.1. The van der Waals surface area contributed by atoms with Gasteiger partial charge in [0.15, 0.2) is 0 Å². The predicted molar refractivity (Wildman–Crippen MR) is 96.0 cm³/mol. The van der Waals surface area contributed by atoms with Gasteiger partial charge in [-0.05, 0) is 48.2 Å². The van der Waals surface area contributed by atoms with Crippen LogP contribution in [0.5, 0.6) is 0 Å². The van der Waals surface area contributed by atoms with Crippen molar-refractivity contribution in [2.75, 3.05) is 13.1 Å². The van der Waals surface area contributed by atoms with Crippen molar-refractivity contribution in [3.8, 4) is 0 Å². The first-order valence-electron chi connectivity index (χ1n) is 8.62. The van der Waals surface area contributed by atoms with Crippen LogP contribution in [0.4, 0.5) is 4.39 Å². The number of hydrogen-bond acceptors (Lipinski definition) is 2. The second-order valence-corrected chi connectivity index (χ2v) is 7.44. The Morgan fingerprint density at radius 2 is 1.76 bits per heavy atom. The fourth-order valence-electron chi connectivity index (χ4n) is 3.72. The van der Waals surface area contributed by atoms with Gasteiger partial charge in [0.05, 0.1) is 11.5 Å². The predicted octanol–water partition coefficient (Wildman–Crippen LogP) is 3.59. The molecule has 5 heteroatoms. The molecule has 4 rings (SSSR count). The number of amides is 1. The molecule has 0 spiro atoms. The molecule has 0 aromatic heterocycles. The molecular formula is C20H20ClFN2O. The molecule has 0 unspecified atom stereocenters. The molecule has 0 bridgehead atoms. The minimum Gasteiger partial charge on any atom is -0.346 e. The van der Waals surface area contributed by atoms with Crippen molar-refractivity contribution in [1.29, 1.82) is 0 Å². The van der Waals surface area contributed by atoms with Gasteiger partial charge in [-0.1, -0.05) is 35.9 Å². The van der Waals surface area contributed by atoms with Crippen LogP contribution in [0.1, 0.15) is 29.9 Å². The molecule has 2 aromatic carbocycles. The molecule has 0 radical (unpaired) electrons. The molecule has 2 aromatic rings. The van der Waals surface area contributed by atoms with E-state index in [2.05, 4.69) is 10.6 Å². The minimum atomic E-state index is -0.322. The van der Waals surface area contributed by atoms with Crippen LogP contribution in [0.2, 0.25) is 5.02 Å². The third-order valence-corrected chi connectivity index (χ3v) is 5.61. The summed E-state index contributed by atoms with van der Waals surface area (Å²) in [5.41, 5.74) is 1.79. The zero-order valence-electron chi connectivity index (χ0n) is 13.8. The van der Waals surface area contributed by atoms with Gasteiger partial charge >= 0.3 is 0 Å². The Balaban J connectivity index is 1.50. The molecular weight excluding hydrogens is 339 g/mol. The number of rotatable bonds is 4. The first-order valence-corrected chi connectivity index (χ1v) is 8.99. The summed E-state index contributed by atoms with van der Waals surface area (Å²) in [4.78, 5) is 12.9. The van der Waals surface area contributed by atoms with E-state index < -0.39 is 0 Å². The summed E-state index contributed by atoms with van der Waals surface area (Å²) in [5, 5.41) is 7.25. The topological polar surface area (TPSA) is 41.1 Å². The van der Waals surface area contributed by atoms with Gasteiger partial charge in [-0.3, -0.25) is 4.79 Å². The third-order valence-electron chi connectivity index (χ3n) is 5.36. The Hall–Kier alpha value is -1.91. The Bertz CT molecular complexity index is 771. The maximum atomic E-state index is 13.2. The van der Waals surface area contributed by atoms with Gasteiger partial charge < -0.3 is 10.6 Å². The Kier molecular flexibility index (Phi) is 4.26. The minimum absolute atomic E-state index is 0.0618. The van der Waals surface area contributed by atoms with Gasteiger partial charge in [-0.15, -0.1) is 0 Å². The van der Waals surface area contributed by atoms with Crippen molar-refractivity contribution in [2.45, 2.75) is 24.3 Å². The van der Waals surface area contributed by atoms with Crippen LogP contribution < -0.4 is 10.6 Å². The standard InChI is InChI=1S/C20H20ClFN2O/c21-15-5-1-13(2-6-15)17-11-23-12-18(17)19(25)24-20(9-10-20)14-3-7-16(22)8-4-14/h1-8,17-18,23H,9-12H2,(H,24,25)/t17-,18+/m0/s1. The van der Waals surface area contributed by atoms with Crippen molar-refractivity contribution < 1.29 is 9.18 Å². The van der Waals surface area contributed by atoms with Gasteiger partial charge in [0, 0.05) is 24.0 Å². The summed E-state index contributed by atoms with van der Waals surface area (Å²) >= 11 is 5.97. The van der Waals surface area contributed by atoms with E-state index in [-0.39, 0.29) is 29.1 Å². The number of benzene rings is 2. The molecule has 25 heavy (non-hydrogen) atoms. The van der Waals surface area contributed by atoms with Crippen LogP contribution in [-0.2, 0) is 10.3 Å². The maximum absolute atomic E-state index is 13.2. The molecule has 1 aliphatic carbocycles. The van der Waals surface area contributed by atoms with Crippen LogP contribution in [0.15, 0.2) is 48.5 Å². The first kappa shape index (κ1) is 16.6. The van der Waals surface area contributed by atoms with E-state index in [1.54, 1.807) is 12.1 Å². The maximum Gasteiger partial charge on any atom is 0.225 e. The zero-order valence-corrected chi connectivity index (χ0v) is 14.5. The molecule has 1 saturated carbocycles. The smallest absolute Gasteiger partial charge is 0.225 e. The summed E-state index contributed by atoms with van der Waals surface area (Å²) in [6, 6.07) is 14.2. The second kappa shape index (κ2) is 6.43. The van der Waals surface area contributed by atoms with Crippen LogP contribution in [0.3, 0.4) is 0 Å². The fraction of sp³-hybridized carbons (Fsp3) is 0.350. The van der Waals surface area contributed by atoms with Crippen molar-refractivity contribution in [3.05, 3.63) is 70.5 Å². The summed E-state index contributed by atoms with van der Waals surface area (Å²) < 4.78 is 13.2. The quantitative estimate of drug-likeness (QED) is 0.877. The third kappa shape index (κ3) is 3.29. The molecule has 2 atom stereocenters. The lowest BCUT2D eigenvalue weighted by atomic mass is 9.88. The lowest BCUT2D eigenvalue weighted by Crippen LogP contribution is -2.41. The van der Waals surface area contributed by atoms with E-state index in [1.165, 1.54) is 12.1 Å². The van der Waals surface area contributed by atoms with E-state index in [9.17, 15) is 9.18 Å². The van der Waals surface area contributed by atoms with Crippen molar-refractivity contribution in [2.24, 2.45) is 5.92 Å². The highest BCUT2D eigenvalue weighted by Gasteiger charge is 2.47.